The number of hydrogen-bond acceptors (Lipinski definition) is 6. The van der Waals surface area contributed by atoms with Gasteiger partial charge in [0.1, 0.15) is 0 Å². The summed E-state index contributed by atoms with van der Waals surface area (Å²) >= 11 is 11.8. The molecule has 0 aliphatic rings. The van der Waals surface area contributed by atoms with Crippen LogP contribution in [0.4, 0.5) is 11.6 Å². The topological polar surface area (TPSA) is 83.7 Å². The van der Waals surface area contributed by atoms with E-state index in [2.05, 4.69) is 20.3 Å². The third-order valence-corrected chi connectivity index (χ3v) is 2.69. The van der Waals surface area contributed by atoms with Crippen molar-refractivity contribution in [2.45, 2.75) is 6.92 Å². The van der Waals surface area contributed by atoms with Crippen molar-refractivity contribution in [2.75, 3.05) is 11.9 Å². The Bertz CT molecular complexity index is 671. The van der Waals surface area contributed by atoms with Crippen molar-refractivity contribution < 1.29 is 4.74 Å². The Morgan fingerprint density at radius 3 is 2.75 bits per heavy atom. The summed E-state index contributed by atoms with van der Waals surface area (Å²) in [5.41, 5.74) is 1.01. The second kappa shape index (κ2) is 6.37. The number of nitriles is 1. The molecule has 0 bridgehead atoms. The summed E-state index contributed by atoms with van der Waals surface area (Å²) in [4.78, 5) is 11.8. The van der Waals surface area contributed by atoms with Crippen LogP contribution in [0.2, 0.25) is 10.3 Å². The van der Waals surface area contributed by atoms with Crippen molar-refractivity contribution in [3.05, 3.63) is 34.1 Å². The van der Waals surface area contributed by atoms with Gasteiger partial charge in [-0.3, -0.25) is 0 Å². The molecule has 0 aliphatic carbocycles. The van der Waals surface area contributed by atoms with Gasteiger partial charge in [0, 0.05) is 0 Å². The van der Waals surface area contributed by atoms with Gasteiger partial charge in [-0.25, -0.2) is 0 Å². The molecule has 0 atom stereocenters. The van der Waals surface area contributed by atoms with Gasteiger partial charge in [-0.1, -0.05) is 11.6 Å². The van der Waals surface area contributed by atoms with Gasteiger partial charge in [0.25, 0.3) is 0 Å². The van der Waals surface area contributed by atoms with Crippen LogP contribution in [-0.4, -0.2) is 21.6 Å². The molecule has 0 unspecified atom stereocenters. The van der Waals surface area contributed by atoms with Crippen LogP contribution >= 0.6 is 23.2 Å². The van der Waals surface area contributed by atoms with Crippen LogP contribution in [0.15, 0.2) is 18.2 Å². The third kappa shape index (κ3) is 3.47. The highest BCUT2D eigenvalue weighted by Crippen LogP contribution is 2.25. The van der Waals surface area contributed by atoms with Crippen molar-refractivity contribution in [3.8, 4) is 12.1 Å². The van der Waals surface area contributed by atoms with E-state index in [1.807, 2.05) is 13.0 Å². The van der Waals surface area contributed by atoms with Crippen LogP contribution in [0.1, 0.15) is 12.5 Å². The molecule has 6 nitrogen and oxygen atoms in total. The van der Waals surface area contributed by atoms with E-state index in [0.717, 1.165) is 0 Å². The average molecular weight is 310 g/mol. The lowest BCUT2D eigenvalue weighted by Gasteiger charge is -2.08. The molecule has 0 saturated carbocycles. The first kappa shape index (κ1) is 14.3. The molecular weight excluding hydrogens is 301 g/mol. The molecule has 8 heteroatoms. The second-order valence-electron chi connectivity index (χ2n) is 3.58. The molecular formula is C12H9Cl2N5O. The molecule has 0 radical (unpaired) electrons. The molecule has 0 amide bonds. The monoisotopic (exact) mass is 309 g/mol. The average Bonchev–Trinajstić information content (AvgIpc) is 2.41. The van der Waals surface area contributed by atoms with Gasteiger partial charge in [0.15, 0.2) is 0 Å². The van der Waals surface area contributed by atoms with E-state index in [9.17, 15) is 0 Å². The number of hydrogen-bond donors (Lipinski definition) is 1. The third-order valence-electron chi connectivity index (χ3n) is 2.21. The van der Waals surface area contributed by atoms with Crippen LogP contribution < -0.4 is 10.1 Å². The summed E-state index contributed by atoms with van der Waals surface area (Å²) in [5, 5.41) is 12.1. The van der Waals surface area contributed by atoms with Crippen LogP contribution in [0.5, 0.6) is 6.01 Å². The zero-order valence-corrected chi connectivity index (χ0v) is 11.9. The van der Waals surface area contributed by atoms with Crippen LogP contribution in [0, 0.1) is 11.3 Å². The lowest BCUT2D eigenvalue weighted by molar-refractivity contribution is 0.312. The number of anilines is 2. The highest BCUT2D eigenvalue weighted by Gasteiger charge is 2.08. The maximum absolute atomic E-state index is 8.78. The first-order valence-electron chi connectivity index (χ1n) is 5.63. The molecule has 1 N–H and O–H groups in total. The molecule has 0 fully saturated rings. The molecule has 0 aliphatic heterocycles. The van der Waals surface area contributed by atoms with Gasteiger partial charge >= 0.3 is 6.01 Å². The number of nitrogens with one attached hydrogen (secondary N) is 1. The van der Waals surface area contributed by atoms with Crippen LogP contribution in [-0.2, 0) is 0 Å². The Morgan fingerprint density at radius 2 is 2.10 bits per heavy atom. The fourth-order valence-electron chi connectivity index (χ4n) is 1.39. The standard InChI is InChI=1S/C12H9Cl2N5O/c1-2-20-12-18-10(14)17-11(19-12)16-9-4-3-7(6-15)5-8(9)13/h3-5H,2H2,1H3,(H,16,17,18,19). The van der Waals surface area contributed by atoms with Gasteiger partial charge in [0.2, 0.25) is 11.2 Å². The summed E-state index contributed by atoms with van der Waals surface area (Å²) in [5.74, 6) is 0.208. The Labute approximate surface area is 125 Å². The zero-order chi connectivity index (χ0) is 14.5. The van der Waals surface area contributed by atoms with Crippen molar-refractivity contribution in [1.82, 2.24) is 15.0 Å². The number of aromatic nitrogens is 3. The smallest absolute Gasteiger partial charge is 0.322 e. The Kier molecular flexibility index (Phi) is 4.56. The van der Waals surface area contributed by atoms with Crippen molar-refractivity contribution >= 4 is 34.8 Å². The van der Waals surface area contributed by atoms with E-state index < -0.39 is 0 Å². The van der Waals surface area contributed by atoms with E-state index in [1.54, 1.807) is 12.1 Å². The van der Waals surface area contributed by atoms with Crippen molar-refractivity contribution in [2.24, 2.45) is 0 Å². The minimum absolute atomic E-state index is 0.00992. The maximum Gasteiger partial charge on any atom is 0.322 e. The van der Waals surface area contributed by atoms with E-state index in [-0.39, 0.29) is 17.2 Å². The molecule has 0 saturated heterocycles. The summed E-state index contributed by atoms with van der Waals surface area (Å²) in [6.07, 6.45) is 0. The Balaban J connectivity index is 2.28. The quantitative estimate of drug-likeness (QED) is 0.933. The van der Waals surface area contributed by atoms with Gasteiger partial charge in [-0.15, -0.1) is 0 Å². The first-order valence-corrected chi connectivity index (χ1v) is 6.39. The maximum atomic E-state index is 8.78. The number of nitrogens with zero attached hydrogens (tertiary/aromatic N) is 4. The molecule has 1 aromatic carbocycles. The Morgan fingerprint density at radius 1 is 1.30 bits per heavy atom. The van der Waals surface area contributed by atoms with Gasteiger partial charge in [0.05, 0.1) is 28.9 Å². The number of halogens is 2. The van der Waals surface area contributed by atoms with Crippen molar-refractivity contribution in [1.29, 1.82) is 5.26 Å². The highest BCUT2D eigenvalue weighted by molar-refractivity contribution is 6.33. The number of rotatable bonds is 4. The predicted octanol–water partition coefficient (Wildman–Crippen LogP) is 3.19. The van der Waals surface area contributed by atoms with E-state index in [4.69, 9.17) is 33.2 Å². The fourth-order valence-corrected chi connectivity index (χ4v) is 1.77. The molecule has 102 valence electrons. The minimum Gasteiger partial charge on any atom is -0.464 e. The summed E-state index contributed by atoms with van der Waals surface area (Å²) < 4.78 is 5.17. The number of ether oxygens (including phenoxy) is 1. The van der Waals surface area contributed by atoms with Gasteiger partial charge in [-0.2, -0.15) is 20.2 Å². The number of benzene rings is 1. The SMILES string of the molecule is CCOc1nc(Cl)nc(Nc2ccc(C#N)cc2Cl)n1. The summed E-state index contributed by atoms with van der Waals surface area (Å²) in [6.45, 7) is 2.22. The van der Waals surface area contributed by atoms with Gasteiger partial charge < -0.3 is 10.1 Å². The molecule has 2 rings (SSSR count). The molecule has 1 heterocycles. The summed E-state index contributed by atoms with van der Waals surface area (Å²) in [7, 11) is 0. The van der Waals surface area contributed by atoms with E-state index in [0.29, 0.717) is 22.9 Å². The zero-order valence-electron chi connectivity index (χ0n) is 10.4. The molecule has 0 spiro atoms. The molecule has 20 heavy (non-hydrogen) atoms. The van der Waals surface area contributed by atoms with Crippen LogP contribution in [0.3, 0.4) is 0 Å². The van der Waals surface area contributed by atoms with Crippen molar-refractivity contribution in [3.63, 3.8) is 0 Å². The van der Waals surface area contributed by atoms with Crippen LogP contribution in [0.25, 0.3) is 0 Å². The van der Waals surface area contributed by atoms with E-state index in [1.165, 1.54) is 6.07 Å². The fraction of sp³-hybridized carbons (Fsp3) is 0.167. The normalized spacial score (nSPS) is 9.90. The van der Waals surface area contributed by atoms with Gasteiger partial charge in [-0.05, 0) is 36.7 Å². The molecule has 1 aromatic heterocycles. The van der Waals surface area contributed by atoms with E-state index >= 15 is 0 Å². The summed E-state index contributed by atoms with van der Waals surface area (Å²) in [6, 6.07) is 6.94. The highest BCUT2D eigenvalue weighted by atomic mass is 35.5. The molecule has 2 aromatic rings. The predicted molar refractivity (Wildman–Crippen MR) is 75.5 cm³/mol. The minimum atomic E-state index is 0.00992. The Hall–Kier alpha value is -2.10. The lowest BCUT2D eigenvalue weighted by atomic mass is 10.2. The largest absolute Gasteiger partial charge is 0.464 e. The second-order valence-corrected chi connectivity index (χ2v) is 4.32. The lowest BCUT2D eigenvalue weighted by Crippen LogP contribution is -2.04. The first-order chi connectivity index (χ1) is 9.62.